The number of aryl methyl sites for hydroxylation is 1. The number of carboxylic acids is 3. The second kappa shape index (κ2) is 32.3. The Labute approximate surface area is 313 Å². The van der Waals surface area contributed by atoms with Gasteiger partial charge in [0.05, 0.1) is 16.7 Å². The highest BCUT2D eigenvalue weighted by Crippen LogP contribution is 2.28. The number of unbranched alkanes of at least 4 members (excludes halogenated alkanes) is 30. The van der Waals surface area contributed by atoms with Crippen molar-refractivity contribution < 1.29 is 29.7 Å². The van der Waals surface area contributed by atoms with E-state index in [1.807, 2.05) is 0 Å². The van der Waals surface area contributed by atoms with Gasteiger partial charge >= 0.3 is 17.9 Å². The van der Waals surface area contributed by atoms with E-state index in [1.165, 1.54) is 160 Å². The molecule has 0 aliphatic carbocycles. The molecule has 0 heterocycles. The summed E-state index contributed by atoms with van der Waals surface area (Å²) in [6, 6.07) is 1.32. The van der Waals surface area contributed by atoms with Crippen LogP contribution in [0, 0.1) is 0 Å². The highest BCUT2D eigenvalue weighted by atomic mass is 16.4. The van der Waals surface area contributed by atoms with Crippen molar-refractivity contribution in [1.82, 2.24) is 0 Å². The standard InChI is InChI=1S/C45H78O6/c1-3-5-7-9-11-13-15-17-19-21-23-25-27-29-31-33-35-38-37-40(43(46)47)42(45(50)51)39(41(38)44(48)49)36-34-32-30-28-26-24-22-20-18-16-14-12-10-8-6-4-2/h37H,3-36H2,1-2H3,(H,46,47)(H,48,49)(H,50,51). The molecule has 0 atom stereocenters. The first-order valence-electron chi connectivity index (χ1n) is 21.7. The van der Waals surface area contributed by atoms with E-state index in [-0.39, 0.29) is 28.7 Å². The summed E-state index contributed by atoms with van der Waals surface area (Å²) in [5, 5.41) is 30.1. The lowest BCUT2D eigenvalue weighted by Crippen LogP contribution is -2.18. The highest BCUT2D eigenvalue weighted by molar-refractivity contribution is 6.06. The fourth-order valence-corrected chi connectivity index (χ4v) is 7.64. The summed E-state index contributed by atoms with van der Waals surface area (Å²) < 4.78 is 0. The predicted molar refractivity (Wildman–Crippen MR) is 214 cm³/mol. The van der Waals surface area contributed by atoms with Crippen molar-refractivity contribution in [2.24, 2.45) is 0 Å². The van der Waals surface area contributed by atoms with Gasteiger partial charge in [-0.15, -0.1) is 0 Å². The van der Waals surface area contributed by atoms with Gasteiger partial charge in [0, 0.05) is 0 Å². The minimum absolute atomic E-state index is 0.0133. The van der Waals surface area contributed by atoms with Crippen molar-refractivity contribution in [3.8, 4) is 0 Å². The molecule has 1 rings (SSSR count). The summed E-state index contributed by atoms with van der Waals surface area (Å²) in [4.78, 5) is 36.9. The van der Waals surface area contributed by atoms with Crippen LogP contribution in [0.1, 0.15) is 262 Å². The van der Waals surface area contributed by atoms with Crippen LogP contribution in [0.3, 0.4) is 0 Å². The predicted octanol–water partition coefficient (Wildman–Crippen LogP) is 14.4. The van der Waals surface area contributed by atoms with Gasteiger partial charge in [0.2, 0.25) is 0 Å². The van der Waals surface area contributed by atoms with Crippen LogP contribution in [0.25, 0.3) is 0 Å². The van der Waals surface area contributed by atoms with Crippen LogP contribution in [-0.4, -0.2) is 33.2 Å². The van der Waals surface area contributed by atoms with Crippen molar-refractivity contribution >= 4 is 17.9 Å². The molecule has 0 aliphatic rings. The van der Waals surface area contributed by atoms with Gasteiger partial charge < -0.3 is 15.3 Å². The number of carbonyl (C=O) groups is 3. The molecule has 6 heteroatoms. The third-order valence-electron chi connectivity index (χ3n) is 10.8. The van der Waals surface area contributed by atoms with Crippen molar-refractivity contribution in [3.05, 3.63) is 33.9 Å². The normalized spacial score (nSPS) is 11.3. The van der Waals surface area contributed by atoms with Gasteiger partial charge in [-0.3, -0.25) is 0 Å². The molecule has 0 aromatic heterocycles. The molecule has 0 bridgehead atoms. The number of hydrogen-bond acceptors (Lipinski definition) is 3. The number of benzene rings is 1. The fourth-order valence-electron chi connectivity index (χ4n) is 7.64. The Morgan fingerprint density at radius 1 is 0.373 bits per heavy atom. The molecule has 51 heavy (non-hydrogen) atoms. The van der Waals surface area contributed by atoms with Crippen LogP contribution in [0.5, 0.6) is 0 Å². The summed E-state index contributed by atoms with van der Waals surface area (Å²) in [5.74, 6) is -3.84. The lowest BCUT2D eigenvalue weighted by Gasteiger charge is -2.17. The van der Waals surface area contributed by atoms with Crippen LogP contribution < -0.4 is 0 Å². The Hall–Kier alpha value is -2.37. The summed E-state index contributed by atoms with van der Waals surface area (Å²) in [7, 11) is 0. The topological polar surface area (TPSA) is 112 Å². The molecule has 0 spiro atoms. The van der Waals surface area contributed by atoms with E-state index in [2.05, 4.69) is 13.8 Å². The zero-order valence-corrected chi connectivity index (χ0v) is 33.2. The first kappa shape index (κ1) is 46.7. The number of hydrogen-bond donors (Lipinski definition) is 3. The molecule has 6 nitrogen and oxygen atoms in total. The third kappa shape index (κ3) is 23.0. The molecule has 3 N–H and O–H groups in total. The van der Waals surface area contributed by atoms with E-state index >= 15 is 0 Å². The highest BCUT2D eigenvalue weighted by Gasteiger charge is 2.28. The van der Waals surface area contributed by atoms with Crippen LogP contribution in [0.2, 0.25) is 0 Å². The van der Waals surface area contributed by atoms with Gasteiger partial charge in [-0.25, -0.2) is 14.4 Å². The van der Waals surface area contributed by atoms with Gasteiger partial charge in [0.15, 0.2) is 0 Å². The van der Waals surface area contributed by atoms with E-state index in [1.54, 1.807) is 0 Å². The second-order valence-corrected chi connectivity index (χ2v) is 15.3. The summed E-state index contributed by atoms with van der Waals surface area (Å²) in [5.41, 5.74) is 0.0231. The molecule has 0 radical (unpaired) electrons. The molecule has 0 saturated carbocycles. The molecular formula is C45H78O6. The Kier molecular flexibility index (Phi) is 29.5. The van der Waals surface area contributed by atoms with E-state index in [0.717, 1.165) is 44.9 Å². The molecule has 0 unspecified atom stereocenters. The van der Waals surface area contributed by atoms with Gasteiger partial charge in [0.25, 0.3) is 0 Å². The summed E-state index contributed by atoms with van der Waals surface area (Å²) in [6.45, 7) is 4.52. The lowest BCUT2D eigenvalue weighted by atomic mass is 9.86. The van der Waals surface area contributed by atoms with Crippen LogP contribution >= 0.6 is 0 Å². The maximum absolute atomic E-state index is 12.5. The Morgan fingerprint density at radius 3 is 0.922 bits per heavy atom. The van der Waals surface area contributed by atoms with Crippen LogP contribution in [0.4, 0.5) is 0 Å². The first-order valence-corrected chi connectivity index (χ1v) is 21.7. The van der Waals surface area contributed by atoms with Crippen LogP contribution in [-0.2, 0) is 12.8 Å². The van der Waals surface area contributed by atoms with E-state index in [4.69, 9.17) is 0 Å². The van der Waals surface area contributed by atoms with Gasteiger partial charge in [0.1, 0.15) is 0 Å². The Bertz CT molecular complexity index is 1050. The average molecular weight is 715 g/mol. The molecule has 294 valence electrons. The zero-order chi connectivity index (χ0) is 37.4. The van der Waals surface area contributed by atoms with Crippen molar-refractivity contribution in [2.45, 2.75) is 232 Å². The Balaban J connectivity index is 2.44. The number of rotatable bonds is 37. The van der Waals surface area contributed by atoms with E-state index in [0.29, 0.717) is 18.4 Å². The molecule has 0 saturated heterocycles. The van der Waals surface area contributed by atoms with Gasteiger partial charge in [-0.1, -0.05) is 206 Å². The second-order valence-electron chi connectivity index (χ2n) is 15.3. The zero-order valence-electron chi connectivity index (χ0n) is 33.2. The largest absolute Gasteiger partial charge is 0.478 e. The number of carboxylic acid groups (broad SMARTS) is 3. The molecule has 0 aliphatic heterocycles. The van der Waals surface area contributed by atoms with Crippen LogP contribution in [0.15, 0.2) is 6.07 Å². The maximum Gasteiger partial charge on any atom is 0.336 e. The third-order valence-corrected chi connectivity index (χ3v) is 10.8. The smallest absolute Gasteiger partial charge is 0.336 e. The van der Waals surface area contributed by atoms with E-state index < -0.39 is 17.9 Å². The van der Waals surface area contributed by atoms with E-state index in [9.17, 15) is 29.7 Å². The van der Waals surface area contributed by atoms with Crippen molar-refractivity contribution in [1.29, 1.82) is 0 Å². The SMILES string of the molecule is CCCCCCCCCCCCCCCCCCc1cc(C(=O)O)c(C(=O)O)c(CCCCCCCCCCCCCCCCCC)c1C(=O)O. The summed E-state index contributed by atoms with van der Waals surface area (Å²) in [6.07, 6.45) is 40.3. The van der Waals surface area contributed by atoms with Gasteiger partial charge in [-0.05, 0) is 42.9 Å². The lowest BCUT2D eigenvalue weighted by molar-refractivity contribution is 0.0647. The molecular weight excluding hydrogens is 636 g/mol. The van der Waals surface area contributed by atoms with Gasteiger partial charge in [-0.2, -0.15) is 0 Å². The average Bonchev–Trinajstić information content (AvgIpc) is 3.10. The minimum Gasteiger partial charge on any atom is -0.478 e. The maximum atomic E-state index is 12.5. The number of aromatic carboxylic acids is 3. The molecule has 0 amide bonds. The minimum atomic E-state index is -1.37. The molecule has 0 fully saturated rings. The quantitative estimate of drug-likeness (QED) is 0.0592. The molecule has 1 aromatic rings. The van der Waals surface area contributed by atoms with Crippen molar-refractivity contribution in [3.63, 3.8) is 0 Å². The molecule has 1 aromatic carbocycles. The fraction of sp³-hybridized carbons (Fsp3) is 0.800. The monoisotopic (exact) mass is 715 g/mol. The Morgan fingerprint density at radius 2 is 0.647 bits per heavy atom. The van der Waals surface area contributed by atoms with Crippen molar-refractivity contribution in [2.75, 3.05) is 0 Å². The summed E-state index contributed by atoms with van der Waals surface area (Å²) >= 11 is 0. The first-order chi connectivity index (χ1) is 24.8.